The van der Waals surface area contributed by atoms with Crippen LogP contribution in [0.5, 0.6) is 10.4 Å². The lowest BCUT2D eigenvalue weighted by atomic mass is 10.0. The standard InChI is InChI=1S/C24H34N8O4S4/c1-11(2)7-13(9-33)25-17-15-19(31-23(35-5)37-15)29-21(27-17)39-40-22-28-18(26-14(10-34)8-12(3)4)16-20(30-22)32-24(36-6)38-16/h11-14,33-34H,7-10H2,1-6H3,(H,25,27,29)(H,26,28,30). The predicted octanol–water partition coefficient (Wildman–Crippen LogP) is 4.94. The normalized spacial score (nSPS) is 13.3. The maximum atomic E-state index is 9.94. The molecule has 0 aromatic carbocycles. The van der Waals surface area contributed by atoms with Crippen LogP contribution < -0.4 is 20.1 Å². The molecule has 0 amide bonds. The average molecular weight is 627 g/mol. The number of rotatable bonds is 15. The summed E-state index contributed by atoms with van der Waals surface area (Å²) in [5, 5.41) is 28.5. The van der Waals surface area contributed by atoms with E-state index in [-0.39, 0.29) is 25.3 Å². The minimum atomic E-state index is -0.166. The van der Waals surface area contributed by atoms with Gasteiger partial charge in [0, 0.05) is 0 Å². The van der Waals surface area contributed by atoms with E-state index in [0.717, 1.165) is 22.2 Å². The van der Waals surface area contributed by atoms with Crippen molar-refractivity contribution < 1.29 is 19.7 Å². The number of hydrogen-bond donors (Lipinski definition) is 4. The summed E-state index contributed by atoms with van der Waals surface area (Å²) in [6, 6.07) is -0.331. The first kappa shape index (κ1) is 30.7. The van der Waals surface area contributed by atoms with Gasteiger partial charge in [-0.05, 0) is 46.3 Å². The third kappa shape index (κ3) is 7.73. The van der Waals surface area contributed by atoms with E-state index in [1.165, 1.54) is 44.3 Å². The largest absolute Gasteiger partial charge is 0.473 e. The van der Waals surface area contributed by atoms with Gasteiger partial charge < -0.3 is 30.3 Å². The second-order valence-corrected chi connectivity index (χ2v) is 13.8. The topological polar surface area (TPSA) is 160 Å². The van der Waals surface area contributed by atoms with E-state index in [2.05, 4.69) is 58.3 Å². The number of nitrogens with one attached hydrogen (secondary N) is 2. The Morgan fingerprint density at radius 3 is 1.40 bits per heavy atom. The second kappa shape index (κ2) is 14.1. The highest BCUT2D eigenvalue weighted by Crippen LogP contribution is 2.40. The first-order valence-corrected chi connectivity index (χ1v) is 16.6. The van der Waals surface area contributed by atoms with Gasteiger partial charge in [-0.25, -0.2) is 19.9 Å². The minimum absolute atomic E-state index is 0.0246. The lowest BCUT2D eigenvalue weighted by molar-refractivity contribution is 0.259. The number of hydrogen-bond acceptors (Lipinski definition) is 16. The van der Waals surface area contributed by atoms with Gasteiger partial charge in [0.2, 0.25) is 10.3 Å². The smallest absolute Gasteiger partial charge is 0.275 e. The highest BCUT2D eigenvalue weighted by atomic mass is 33.1. The molecule has 0 aliphatic heterocycles. The molecule has 0 aliphatic carbocycles. The number of thiazole rings is 2. The van der Waals surface area contributed by atoms with E-state index >= 15 is 0 Å². The van der Waals surface area contributed by atoms with Gasteiger partial charge in [-0.2, -0.15) is 9.97 Å². The maximum absolute atomic E-state index is 9.94. The Morgan fingerprint density at radius 2 is 1.07 bits per heavy atom. The zero-order chi connectivity index (χ0) is 28.8. The van der Waals surface area contributed by atoms with E-state index < -0.39 is 0 Å². The van der Waals surface area contributed by atoms with Crippen LogP contribution in [0.4, 0.5) is 11.6 Å². The highest BCUT2D eigenvalue weighted by Gasteiger charge is 2.21. The quantitative estimate of drug-likeness (QED) is 0.104. The fourth-order valence-corrected chi connectivity index (χ4v) is 7.07. The Kier molecular flexibility index (Phi) is 10.8. The molecule has 218 valence electrons. The highest BCUT2D eigenvalue weighted by molar-refractivity contribution is 8.76. The molecule has 2 atom stereocenters. The van der Waals surface area contributed by atoms with Crippen molar-refractivity contribution >= 4 is 76.6 Å². The van der Waals surface area contributed by atoms with Gasteiger partial charge in [-0.1, -0.05) is 50.4 Å². The molecule has 0 bridgehead atoms. The first-order valence-electron chi connectivity index (χ1n) is 12.8. The minimum Gasteiger partial charge on any atom is -0.473 e. The van der Waals surface area contributed by atoms with Crippen LogP contribution >= 0.6 is 44.3 Å². The van der Waals surface area contributed by atoms with Crippen LogP contribution in [0.25, 0.3) is 20.7 Å². The van der Waals surface area contributed by atoms with Crippen LogP contribution in [0.1, 0.15) is 40.5 Å². The fourth-order valence-electron chi connectivity index (χ4n) is 3.97. The van der Waals surface area contributed by atoms with Crippen molar-refractivity contribution in [2.75, 3.05) is 38.1 Å². The zero-order valence-corrected chi connectivity index (χ0v) is 26.4. The molecule has 4 rings (SSSR count). The van der Waals surface area contributed by atoms with E-state index in [9.17, 15) is 10.2 Å². The van der Waals surface area contributed by atoms with Crippen LogP contribution in [-0.4, -0.2) is 79.6 Å². The van der Waals surface area contributed by atoms with Gasteiger partial charge in [0.15, 0.2) is 22.9 Å². The van der Waals surface area contributed by atoms with Crippen LogP contribution in [0.15, 0.2) is 10.3 Å². The molecule has 0 fully saturated rings. The summed E-state index contributed by atoms with van der Waals surface area (Å²) in [7, 11) is 5.71. The number of methoxy groups -OCH3 is 2. The molecule has 4 heterocycles. The Morgan fingerprint density at radius 1 is 0.675 bits per heavy atom. The van der Waals surface area contributed by atoms with Crippen LogP contribution in [0, 0.1) is 11.8 Å². The summed E-state index contributed by atoms with van der Waals surface area (Å²) < 4.78 is 12.2. The third-order valence-electron chi connectivity index (χ3n) is 5.60. The Hall–Kier alpha value is -2.24. The zero-order valence-electron chi connectivity index (χ0n) is 23.2. The Bertz CT molecular complexity index is 1310. The molecule has 0 saturated carbocycles. The second-order valence-electron chi connectivity index (χ2n) is 9.86. The van der Waals surface area contributed by atoms with Gasteiger partial charge >= 0.3 is 0 Å². The number of fused-ring (bicyclic) bond motifs is 2. The predicted molar refractivity (Wildman–Crippen MR) is 163 cm³/mol. The first-order chi connectivity index (χ1) is 19.2. The number of nitrogens with zero attached hydrogens (tertiary/aromatic N) is 6. The Balaban J connectivity index is 1.63. The summed E-state index contributed by atoms with van der Waals surface area (Å²) in [6.07, 6.45) is 1.56. The average Bonchev–Trinajstić information content (AvgIpc) is 3.54. The summed E-state index contributed by atoms with van der Waals surface area (Å²) in [5.74, 6) is 1.98. The molecular formula is C24H34N8O4S4. The lowest BCUT2D eigenvalue weighted by Crippen LogP contribution is -2.26. The molecule has 2 unspecified atom stereocenters. The summed E-state index contributed by atoms with van der Waals surface area (Å²) in [5.41, 5.74) is 1.01. The van der Waals surface area contributed by atoms with E-state index in [1.54, 1.807) is 14.2 Å². The number of aliphatic hydroxyl groups excluding tert-OH is 2. The van der Waals surface area contributed by atoms with Crippen LogP contribution in [0.3, 0.4) is 0 Å². The molecule has 0 aliphatic rings. The molecule has 0 saturated heterocycles. The van der Waals surface area contributed by atoms with Crippen LogP contribution in [-0.2, 0) is 0 Å². The molecular weight excluding hydrogens is 593 g/mol. The van der Waals surface area contributed by atoms with E-state index in [1.807, 2.05) is 0 Å². The number of ether oxygens (including phenoxy) is 2. The number of aliphatic hydroxyl groups is 2. The van der Waals surface area contributed by atoms with Crippen molar-refractivity contribution in [3.8, 4) is 10.4 Å². The summed E-state index contributed by atoms with van der Waals surface area (Å²) in [4.78, 5) is 27.7. The van der Waals surface area contributed by atoms with E-state index in [4.69, 9.17) is 19.4 Å². The van der Waals surface area contributed by atoms with Gasteiger partial charge in [-0.15, -0.1) is 0 Å². The molecule has 12 nitrogen and oxygen atoms in total. The fraction of sp³-hybridized carbons (Fsp3) is 0.583. The van der Waals surface area contributed by atoms with Crippen molar-refractivity contribution in [2.24, 2.45) is 11.8 Å². The van der Waals surface area contributed by atoms with Crippen LogP contribution in [0.2, 0.25) is 0 Å². The van der Waals surface area contributed by atoms with Gasteiger partial charge in [0.25, 0.3) is 10.4 Å². The Labute approximate surface area is 248 Å². The van der Waals surface area contributed by atoms with Gasteiger partial charge in [0.05, 0.1) is 39.5 Å². The molecule has 4 N–H and O–H groups in total. The van der Waals surface area contributed by atoms with Crippen molar-refractivity contribution in [1.82, 2.24) is 29.9 Å². The molecule has 4 aromatic heterocycles. The number of aromatic nitrogens is 6. The van der Waals surface area contributed by atoms with Crippen molar-refractivity contribution in [3.63, 3.8) is 0 Å². The molecule has 16 heteroatoms. The summed E-state index contributed by atoms with van der Waals surface area (Å²) >= 11 is 2.69. The number of anilines is 2. The van der Waals surface area contributed by atoms with Gasteiger partial charge in [0.1, 0.15) is 9.40 Å². The maximum Gasteiger partial charge on any atom is 0.275 e. The summed E-state index contributed by atoms with van der Waals surface area (Å²) in [6.45, 7) is 8.38. The molecule has 0 radical (unpaired) electrons. The SMILES string of the molecule is COc1nc2nc(SSc3nc(NC(CO)CC(C)C)c4sc(OC)nc4n3)nc(NC(CO)CC(C)C)c2s1. The monoisotopic (exact) mass is 626 g/mol. The van der Waals surface area contributed by atoms with Gasteiger partial charge in [-0.3, -0.25) is 0 Å². The van der Waals surface area contributed by atoms with Crippen molar-refractivity contribution in [1.29, 1.82) is 0 Å². The van der Waals surface area contributed by atoms with Crippen molar-refractivity contribution in [2.45, 2.75) is 62.9 Å². The molecule has 40 heavy (non-hydrogen) atoms. The van der Waals surface area contributed by atoms with E-state index in [0.29, 0.717) is 55.5 Å². The molecule has 0 spiro atoms. The van der Waals surface area contributed by atoms with Crippen molar-refractivity contribution in [3.05, 3.63) is 0 Å². The third-order valence-corrected chi connectivity index (χ3v) is 9.52. The molecule has 4 aromatic rings. The lowest BCUT2D eigenvalue weighted by Gasteiger charge is -2.19.